The van der Waals surface area contributed by atoms with E-state index in [4.69, 9.17) is 5.73 Å². The molecule has 1 nitrogen and oxygen atoms in total. The number of hydrogen-bond donors (Lipinski definition) is 1. The first-order chi connectivity index (χ1) is 9.75. The Morgan fingerprint density at radius 3 is 1.90 bits per heavy atom. The predicted molar refractivity (Wildman–Crippen MR) is 77.7 cm³/mol. The van der Waals surface area contributed by atoms with Crippen LogP contribution in [0.25, 0.3) is 0 Å². The van der Waals surface area contributed by atoms with Crippen LogP contribution in [0.5, 0.6) is 0 Å². The largest absolute Gasteiger partial charge is 0.320 e. The van der Waals surface area contributed by atoms with E-state index in [-0.39, 0.29) is 5.56 Å². The van der Waals surface area contributed by atoms with Gasteiger partial charge in [-0.2, -0.15) is 0 Å². The van der Waals surface area contributed by atoms with Gasteiger partial charge in [-0.3, -0.25) is 0 Å². The first kappa shape index (κ1) is 15.6. The molecule has 4 heteroatoms. The third-order valence-electron chi connectivity index (χ3n) is 4.14. The fraction of sp³-hybridized carbons (Fsp3) is 0.294. The summed E-state index contributed by atoms with van der Waals surface area (Å²) >= 11 is 0. The van der Waals surface area contributed by atoms with Gasteiger partial charge in [-0.1, -0.05) is 12.1 Å². The Morgan fingerprint density at radius 2 is 1.38 bits per heavy atom. The van der Waals surface area contributed by atoms with Crippen LogP contribution in [-0.2, 0) is 0 Å². The standard InChI is InChI=1S/C17H18F3N/c1-8-7-9(2)11(4)14(10(8)3)17(21)12-5-6-13(18)16(20)15(12)19/h5-7,17H,21H2,1-4H3. The predicted octanol–water partition coefficient (Wildman–Crippen LogP) is 4.39. The second-order valence-corrected chi connectivity index (χ2v) is 5.42. The second-order valence-electron chi connectivity index (χ2n) is 5.42. The van der Waals surface area contributed by atoms with Gasteiger partial charge in [0.25, 0.3) is 0 Å². The molecule has 0 fully saturated rings. The lowest BCUT2D eigenvalue weighted by Crippen LogP contribution is -2.18. The van der Waals surface area contributed by atoms with Gasteiger partial charge in [-0.25, -0.2) is 13.2 Å². The molecule has 0 amide bonds. The first-order valence-corrected chi connectivity index (χ1v) is 6.72. The molecule has 2 N–H and O–H groups in total. The van der Waals surface area contributed by atoms with E-state index < -0.39 is 23.5 Å². The summed E-state index contributed by atoms with van der Waals surface area (Å²) in [6.45, 7) is 7.68. The molecular weight excluding hydrogens is 275 g/mol. The van der Waals surface area contributed by atoms with Crippen molar-refractivity contribution >= 4 is 0 Å². The summed E-state index contributed by atoms with van der Waals surface area (Å²) in [5, 5.41) is 0. The second kappa shape index (κ2) is 5.53. The summed E-state index contributed by atoms with van der Waals surface area (Å²) in [5.41, 5.74) is 10.8. The summed E-state index contributed by atoms with van der Waals surface area (Å²) in [6.07, 6.45) is 0. The van der Waals surface area contributed by atoms with Crippen LogP contribution in [0.1, 0.15) is 39.4 Å². The number of hydrogen-bond acceptors (Lipinski definition) is 1. The van der Waals surface area contributed by atoms with E-state index in [1.54, 1.807) is 0 Å². The number of halogens is 3. The maximum atomic E-state index is 14.0. The third kappa shape index (κ3) is 2.56. The zero-order valence-corrected chi connectivity index (χ0v) is 12.5. The van der Waals surface area contributed by atoms with Gasteiger partial charge >= 0.3 is 0 Å². The molecule has 112 valence electrons. The molecule has 1 atom stereocenters. The van der Waals surface area contributed by atoms with E-state index in [0.717, 1.165) is 33.9 Å². The van der Waals surface area contributed by atoms with E-state index in [0.29, 0.717) is 0 Å². The van der Waals surface area contributed by atoms with Crippen LogP contribution in [0.15, 0.2) is 18.2 Å². The van der Waals surface area contributed by atoms with Crippen molar-refractivity contribution in [3.63, 3.8) is 0 Å². The smallest absolute Gasteiger partial charge is 0.194 e. The molecule has 2 rings (SSSR count). The molecule has 0 heterocycles. The molecule has 0 bridgehead atoms. The van der Waals surface area contributed by atoms with Crippen molar-refractivity contribution in [2.45, 2.75) is 33.7 Å². The highest BCUT2D eigenvalue weighted by Crippen LogP contribution is 2.32. The minimum Gasteiger partial charge on any atom is -0.320 e. The van der Waals surface area contributed by atoms with Crippen LogP contribution < -0.4 is 5.73 Å². The van der Waals surface area contributed by atoms with Gasteiger partial charge in [-0.15, -0.1) is 0 Å². The summed E-state index contributed by atoms with van der Waals surface area (Å²) < 4.78 is 40.4. The lowest BCUT2D eigenvalue weighted by Gasteiger charge is -2.22. The van der Waals surface area contributed by atoms with Gasteiger partial charge < -0.3 is 5.73 Å². The number of rotatable bonds is 2. The molecule has 0 saturated carbocycles. The van der Waals surface area contributed by atoms with Crippen molar-refractivity contribution in [3.05, 3.63) is 69.0 Å². The third-order valence-corrected chi connectivity index (χ3v) is 4.14. The lowest BCUT2D eigenvalue weighted by molar-refractivity contribution is 0.438. The van der Waals surface area contributed by atoms with Crippen LogP contribution in [-0.4, -0.2) is 0 Å². The van der Waals surface area contributed by atoms with E-state index in [9.17, 15) is 13.2 Å². The SMILES string of the molecule is Cc1cc(C)c(C)c(C(N)c2ccc(F)c(F)c2F)c1C. The molecule has 21 heavy (non-hydrogen) atoms. The highest BCUT2D eigenvalue weighted by atomic mass is 19.2. The Kier molecular flexibility index (Phi) is 4.10. The maximum Gasteiger partial charge on any atom is 0.194 e. The summed E-state index contributed by atoms with van der Waals surface area (Å²) in [7, 11) is 0. The van der Waals surface area contributed by atoms with Crippen LogP contribution in [0.4, 0.5) is 13.2 Å². The Morgan fingerprint density at radius 1 is 0.857 bits per heavy atom. The molecule has 1 unspecified atom stereocenters. The monoisotopic (exact) mass is 293 g/mol. The molecule has 2 aromatic rings. The molecule has 0 aliphatic rings. The topological polar surface area (TPSA) is 26.0 Å². The van der Waals surface area contributed by atoms with Crippen molar-refractivity contribution in [2.75, 3.05) is 0 Å². The summed E-state index contributed by atoms with van der Waals surface area (Å²) in [6, 6.07) is 3.30. The molecule has 0 radical (unpaired) electrons. The van der Waals surface area contributed by atoms with Gasteiger partial charge in [0, 0.05) is 5.56 Å². The van der Waals surface area contributed by atoms with Crippen molar-refractivity contribution in [2.24, 2.45) is 5.73 Å². The average Bonchev–Trinajstić information content (AvgIpc) is 2.43. The number of benzene rings is 2. The van der Waals surface area contributed by atoms with Gasteiger partial charge in [0.05, 0.1) is 6.04 Å². The number of aryl methyl sites for hydroxylation is 2. The first-order valence-electron chi connectivity index (χ1n) is 6.72. The molecule has 0 aromatic heterocycles. The Labute approximate surface area is 122 Å². The minimum absolute atomic E-state index is 0.0369. The molecule has 0 aliphatic carbocycles. The zero-order valence-electron chi connectivity index (χ0n) is 12.5. The highest BCUT2D eigenvalue weighted by molar-refractivity contribution is 5.49. The minimum atomic E-state index is -1.48. The van der Waals surface area contributed by atoms with E-state index in [2.05, 4.69) is 0 Å². The Bertz CT molecular complexity index is 682. The quantitative estimate of drug-likeness (QED) is 0.817. The van der Waals surface area contributed by atoms with Crippen LogP contribution >= 0.6 is 0 Å². The van der Waals surface area contributed by atoms with E-state index in [1.165, 1.54) is 6.07 Å². The number of nitrogens with two attached hydrogens (primary N) is 1. The molecule has 0 spiro atoms. The zero-order chi connectivity index (χ0) is 15.9. The fourth-order valence-electron chi connectivity index (χ4n) is 2.65. The van der Waals surface area contributed by atoms with Gasteiger partial charge in [0.2, 0.25) is 0 Å². The van der Waals surface area contributed by atoms with E-state index in [1.807, 2.05) is 33.8 Å². The highest BCUT2D eigenvalue weighted by Gasteiger charge is 2.23. The normalized spacial score (nSPS) is 12.6. The van der Waals surface area contributed by atoms with Gasteiger partial charge in [0.1, 0.15) is 0 Å². The van der Waals surface area contributed by atoms with Crippen molar-refractivity contribution in [3.8, 4) is 0 Å². The van der Waals surface area contributed by atoms with Crippen molar-refractivity contribution in [1.82, 2.24) is 0 Å². The van der Waals surface area contributed by atoms with Crippen LogP contribution in [0.3, 0.4) is 0 Å². The van der Waals surface area contributed by atoms with Crippen LogP contribution in [0.2, 0.25) is 0 Å². The van der Waals surface area contributed by atoms with Crippen LogP contribution in [0, 0.1) is 45.1 Å². The molecule has 2 aromatic carbocycles. The fourth-order valence-corrected chi connectivity index (χ4v) is 2.65. The Balaban J connectivity index is 2.66. The summed E-state index contributed by atoms with van der Waals surface area (Å²) in [5.74, 6) is -3.92. The maximum absolute atomic E-state index is 14.0. The molecule has 0 saturated heterocycles. The lowest BCUT2D eigenvalue weighted by atomic mass is 9.87. The van der Waals surface area contributed by atoms with Gasteiger partial charge in [0.15, 0.2) is 17.5 Å². The van der Waals surface area contributed by atoms with Crippen molar-refractivity contribution < 1.29 is 13.2 Å². The average molecular weight is 293 g/mol. The van der Waals surface area contributed by atoms with E-state index >= 15 is 0 Å². The molecule has 0 aliphatic heterocycles. The van der Waals surface area contributed by atoms with Gasteiger partial charge in [-0.05, 0) is 61.6 Å². The Hall–Kier alpha value is -1.81. The summed E-state index contributed by atoms with van der Waals surface area (Å²) in [4.78, 5) is 0. The molecular formula is C17H18F3N. The van der Waals surface area contributed by atoms with Crippen molar-refractivity contribution in [1.29, 1.82) is 0 Å².